The van der Waals surface area contributed by atoms with Crippen LogP contribution in [0.3, 0.4) is 0 Å². The Labute approximate surface area is 130 Å². The third-order valence-electron chi connectivity index (χ3n) is 4.02. The molecule has 0 spiro atoms. The number of hydrogen-bond donors (Lipinski definition) is 1. The zero-order valence-electron chi connectivity index (χ0n) is 13.1. The Balaban J connectivity index is 1.68. The maximum atomic E-state index is 5.97. The Morgan fingerprint density at radius 3 is 2.82 bits per heavy atom. The minimum absolute atomic E-state index is 0.202. The highest BCUT2D eigenvalue weighted by Crippen LogP contribution is 2.28. The summed E-state index contributed by atoms with van der Waals surface area (Å²) in [5, 5.41) is 4.56. The molecule has 6 heteroatoms. The first-order chi connectivity index (χ1) is 10.7. The van der Waals surface area contributed by atoms with Crippen molar-refractivity contribution in [2.45, 2.75) is 38.3 Å². The molecule has 0 fully saturated rings. The average Bonchev–Trinajstić information content (AvgIpc) is 2.94. The van der Waals surface area contributed by atoms with E-state index < -0.39 is 0 Å². The van der Waals surface area contributed by atoms with Gasteiger partial charge in [-0.2, -0.15) is 5.10 Å². The zero-order chi connectivity index (χ0) is 15.5. The summed E-state index contributed by atoms with van der Waals surface area (Å²) in [7, 11) is 3.29. The van der Waals surface area contributed by atoms with Crippen molar-refractivity contribution in [1.29, 1.82) is 0 Å². The van der Waals surface area contributed by atoms with E-state index in [-0.39, 0.29) is 6.04 Å². The van der Waals surface area contributed by atoms with E-state index in [1.165, 1.54) is 5.56 Å². The molecule has 2 N–H and O–H groups in total. The molecule has 0 saturated heterocycles. The van der Waals surface area contributed by atoms with Crippen LogP contribution in [0, 0.1) is 0 Å². The lowest BCUT2D eigenvalue weighted by Crippen LogP contribution is -2.32. The van der Waals surface area contributed by atoms with Crippen LogP contribution in [-0.4, -0.2) is 35.0 Å². The van der Waals surface area contributed by atoms with Gasteiger partial charge < -0.3 is 15.2 Å². The van der Waals surface area contributed by atoms with E-state index in [0.29, 0.717) is 0 Å². The molecule has 1 unspecified atom stereocenters. The van der Waals surface area contributed by atoms with Crippen LogP contribution in [0.2, 0.25) is 0 Å². The monoisotopic (exact) mass is 302 g/mol. The Hall–Kier alpha value is -2.08. The molecule has 0 aliphatic carbocycles. The molecule has 0 saturated carbocycles. The predicted octanol–water partition coefficient (Wildman–Crippen LogP) is 1.35. The van der Waals surface area contributed by atoms with Crippen molar-refractivity contribution in [3.05, 3.63) is 35.4 Å². The van der Waals surface area contributed by atoms with Gasteiger partial charge in [-0.1, -0.05) is 6.07 Å². The van der Waals surface area contributed by atoms with Crippen molar-refractivity contribution in [1.82, 2.24) is 14.8 Å². The fraction of sp³-hybridized carbons (Fsp3) is 0.500. The van der Waals surface area contributed by atoms with Gasteiger partial charge in [-0.3, -0.25) is 0 Å². The summed E-state index contributed by atoms with van der Waals surface area (Å²) in [6.07, 6.45) is 3.60. The molecule has 1 aliphatic rings. The molecule has 1 aliphatic heterocycles. The number of methoxy groups -OCH3 is 2. The summed E-state index contributed by atoms with van der Waals surface area (Å²) in [4.78, 5) is 4.62. The molecule has 1 atom stereocenters. The largest absolute Gasteiger partial charge is 0.493 e. The number of nitrogens with zero attached hydrogens (tertiary/aromatic N) is 3. The maximum absolute atomic E-state index is 5.97. The smallest absolute Gasteiger partial charge is 0.160 e. The van der Waals surface area contributed by atoms with Gasteiger partial charge in [0.15, 0.2) is 17.3 Å². The van der Waals surface area contributed by atoms with Crippen molar-refractivity contribution in [3.63, 3.8) is 0 Å². The molecule has 0 radical (unpaired) electrons. The van der Waals surface area contributed by atoms with Gasteiger partial charge in [0.05, 0.1) is 20.8 Å². The molecule has 118 valence electrons. The molecule has 1 aromatic heterocycles. The quantitative estimate of drug-likeness (QED) is 0.902. The number of aryl methyl sites for hydroxylation is 3. The molecular formula is C16H22N4O2. The second kappa shape index (κ2) is 6.36. The van der Waals surface area contributed by atoms with Gasteiger partial charge >= 0.3 is 0 Å². The third kappa shape index (κ3) is 3.06. The minimum Gasteiger partial charge on any atom is -0.493 e. The van der Waals surface area contributed by atoms with Gasteiger partial charge in [0.25, 0.3) is 0 Å². The first-order valence-electron chi connectivity index (χ1n) is 7.58. The van der Waals surface area contributed by atoms with Gasteiger partial charge in [0.1, 0.15) is 5.82 Å². The molecule has 22 heavy (non-hydrogen) atoms. The second-order valence-electron chi connectivity index (χ2n) is 5.61. The predicted molar refractivity (Wildman–Crippen MR) is 83.3 cm³/mol. The van der Waals surface area contributed by atoms with E-state index in [0.717, 1.165) is 55.4 Å². The fourth-order valence-electron chi connectivity index (χ4n) is 2.78. The van der Waals surface area contributed by atoms with E-state index >= 15 is 0 Å². The Kier molecular flexibility index (Phi) is 4.29. The minimum atomic E-state index is 0.202. The summed E-state index contributed by atoms with van der Waals surface area (Å²) in [6.45, 7) is 0.776. The summed E-state index contributed by atoms with van der Waals surface area (Å²) in [5.41, 5.74) is 7.15. The van der Waals surface area contributed by atoms with Gasteiger partial charge in [-0.25, -0.2) is 9.67 Å². The third-order valence-corrected chi connectivity index (χ3v) is 4.02. The van der Waals surface area contributed by atoms with E-state index in [2.05, 4.69) is 10.1 Å². The zero-order valence-corrected chi connectivity index (χ0v) is 13.1. The second-order valence-corrected chi connectivity index (χ2v) is 5.61. The van der Waals surface area contributed by atoms with Crippen molar-refractivity contribution in [2.24, 2.45) is 5.73 Å². The van der Waals surface area contributed by atoms with E-state index in [4.69, 9.17) is 15.2 Å². The van der Waals surface area contributed by atoms with Crippen molar-refractivity contribution in [2.75, 3.05) is 14.2 Å². The molecule has 0 amide bonds. The van der Waals surface area contributed by atoms with E-state index in [1.54, 1.807) is 14.2 Å². The molecule has 1 aromatic carbocycles. The number of fused-ring (bicyclic) bond motifs is 1. The molecule has 6 nitrogen and oxygen atoms in total. The van der Waals surface area contributed by atoms with Gasteiger partial charge in [-0.15, -0.1) is 0 Å². The summed E-state index contributed by atoms with van der Waals surface area (Å²) in [5.74, 6) is 3.45. The Morgan fingerprint density at radius 2 is 2.05 bits per heavy atom. The number of hydrogen-bond acceptors (Lipinski definition) is 5. The lowest BCUT2D eigenvalue weighted by atomic mass is 10.1. The van der Waals surface area contributed by atoms with Crippen molar-refractivity contribution < 1.29 is 9.47 Å². The highest BCUT2D eigenvalue weighted by molar-refractivity contribution is 5.43. The number of rotatable bonds is 5. The Bertz CT molecular complexity index is 654. The number of ether oxygens (including phenoxy) is 2. The summed E-state index contributed by atoms with van der Waals surface area (Å²) >= 11 is 0. The van der Waals surface area contributed by atoms with Crippen LogP contribution >= 0.6 is 0 Å². The highest BCUT2D eigenvalue weighted by Gasteiger charge is 2.18. The van der Waals surface area contributed by atoms with Crippen LogP contribution in [0.5, 0.6) is 11.5 Å². The number of benzene rings is 1. The van der Waals surface area contributed by atoms with Crippen LogP contribution in [0.25, 0.3) is 0 Å². The van der Waals surface area contributed by atoms with Crippen LogP contribution in [-0.2, 0) is 25.8 Å². The molecule has 2 heterocycles. The molecule has 2 aromatic rings. The standard InChI is InChI=1S/C16H22N4O2/c1-21-13-6-3-11(9-14(13)22-2)4-7-15-18-16-8-5-12(17)10-20(16)19-15/h3,6,9,12H,4-5,7-8,10,17H2,1-2H3. The first-order valence-corrected chi connectivity index (χ1v) is 7.58. The van der Waals surface area contributed by atoms with E-state index in [9.17, 15) is 0 Å². The highest BCUT2D eigenvalue weighted by atomic mass is 16.5. The van der Waals surface area contributed by atoms with Crippen LogP contribution in [0.1, 0.15) is 23.6 Å². The number of nitrogens with two attached hydrogens (primary N) is 1. The lowest BCUT2D eigenvalue weighted by molar-refractivity contribution is 0.354. The molecular weight excluding hydrogens is 280 g/mol. The Morgan fingerprint density at radius 1 is 1.23 bits per heavy atom. The van der Waals surface area contributed by atoms with Gasteiger partial charge in [-0.05, 0) is 30.5 Å². The molecule has 0 bridgehead atoms. The fourth-order valence-corrected chi connectivity index (χ4v) is 2.78. The average molecular weight is 302 g/mol. The molecule has 3 rings (SSSR count). The first kappa shape index (κ1) is 14.8. The normalized spacial score (nSPS) is 17.1. The van der Waals surface area contributed by atoms with Gasteiger partial charge in [0, 0.05) is 18.9 Å². The van der Waals surface area contributed by atoms with Crippen molar-refractivity contribution >= 4 is 0 Å². The van der Waals surface area contributed by atoms with E-state index in [1.807, 2.05) is 22.9 Å². The van der Waals surface area contributed by atoms with Crippen LogP contribution in [0.15, 0.2) is 18.2 Å². The van der Waals surface area contributed by atoms with Gasteiger partial charge in [0.2, 0.25) is 0 Å². The maximum Gasteiger partial charge on any atom is 0.160 e. The number of aromatic nitrogens is 3. The summed E-state index contributed by atoms with van der Waals surface area (Å²) < 4.78 is 12.5. The summed E-state index contributed by atoms with van der Waals surface area (Å²) in [6, 6.07) is 6.18. The topological polar surface area (TPSA) is 75.2 Å². The van der Waals surface area contributed by atoms with Crippen LogP contribution in [0.4, 0.5) is 0 Å². The lowest BCUT2D eigenvalue weighted by Gasteiger charge is -2.17. The SMILES string of the molecule is COc1ccc(CCc2nc3n(n2)CC(N)CC3)cc1OC. The van der Waals surface area contributed by atoms with Crippen LogP contribution < -0.4 is 15.2 Å². The van der Waals surface area contributed by atoms with Crippen molar-refractivity contribution in [3.8, 4) is 11.5 Å².